The van der Waals surface area contributed by atoms with Crippen LogP contribution < -0.4 is 15.6 Å². The predicted octanol–water partition coefficient (Wildman–Crippen LogP) is 0.703. The number of amides is 2. The molecule has 0 saturated carbocycles. The summed E-state index contributed by atoms with van der Waals surface area (Å²) in [6, 6.07) is 4.47. The molecule has 1 fully saturated rings. The molecule has 0 aliphatic carbocycles. The van der Waals surface area contributed by atoms with E-state index in [1.807, 2.05) is 35.9 Å². The van der Waals surface area contributed by atoms with Crippen LogP contribution in [0.1, 0.15) is 11.4 Å². The number of anilines is 1. The summed E-state index contributed by atoms with van der Waals surface area (Å²) in [6.45, 7) is -1.12. The Balaban J connectivity index is 1.55. The molecule has 11 nitrogen and oxygen atoms in total. The Bertz CT molecular complexity index is 1250. The number of aliphatic carboxylic acids is 1. The number of nitrogens with two attached hydrogens (primary N) is 1. The monoisotopic (exact) mass is 525 g/mol. The smallest absolute Gasteiger partial charge is 0.407 e. The van der Waals surface area contributed by atoms with Crippen LogP contribution in [0.15, 0.2) is 46.2 Å². The Kier molecular flexibility index (Phi) is 6.98. The first-order chi connectivity index (χ1) is 16.7. The van der Waals surface area contributed by atoms with Gasteiger partial charge in [-0.15, -0.1) is 23.1 Å². The molecule has 4 rings (SSSR count). The van der Waals surface area contributed by atoms with E-state index in [-0.39, 0.29) is 23.1 Å². The minimum Gasteiger partial charge on any atom is -0.477 e. The van der Waals surface area contributed by atoms with Gasteiger partial charge in [-0.05, 0) is 0 Å². The molecule has 1 unspecified atom stereocenters. The second-order valence-corrected chi connectivity index (χ2v) is 9.46. The number of rotatable bonds is 8. The maximum absolute atomic E-state index is 12.9. The van der Waals surface area contributed by atoms with E-state index in [4.69, 9.17) is 5.73 Å². The quantitative estimate of drug-likeness (QED) is 0.197. The van der Waals surface area contributed by atoms with E-state index in [9.17, 15) is 28.3 Å². The summed E-state index contributed by atoms with van der Waals surface area (Å²) >= 11 is 2.24. The molecule has 2 aromatic heterocycles. The number of carboxylic acids is 1. The van der Waals surface area contributed by atoms with Crippen LogP contribution in [0, 0.1) is 6.92 Å². The van der Waals surface area contributed by atoms with E-state index < -0.39 is 41.5 Å². The fraction of sp³-hybridized carbons (Fsp3) is 0.300. The van der Waals surface area contributed by atoms with E-state index in [1.165, 1.54) is 17.1 Å². The zero-order valence-electron chi connectivity index (χ0n) is 18.1. The van der Waals surface area contributed by atoms with Gasteiger partial charge in [-0.25, -0.2) is 9.78 Å². The molecule has 2 aliphatic rings. The lowest BCUT2D eigenvalue weighted by atomic mass is 10.0. The van der Waals surface area contributed by atoms with Crippen LogP contribution in [0.4, 0.5) is 13.9 Å². The number of nitrogens with zero attached hydrogens (tertiary/aromatic N) is 4. The highest BCUT2D eigenvalue weighted by molar-refractivity contribution is 8.00. The van der Waals surface area contributed by atoms with E-state index in [0.717, 1.165) is 21.9 Å². The van der Waals surface area contributed by atoms with Gasteiger partial charge in [0, 0.05) is 35.8 Å². The lowest BCUT2D eigenvalue weighted by Gasteiger charge is -2.49. The number of carbonyl (C=O) groups excluding carboxylic acids is 2. The van der Waals surface area contributed by atoms with Crippen molar-refractivity contribution in [3.63, 3.8) is 0 Å². The van der Waals surface area contributed by atoms with Gasteiger partial charge in [0.05, 0.1) is 0 Å². The predicted molar refractivity (Wildman–Crippen MR) is 121 cm³/mol. The Morgan fingerprint density at radius 1 is 1.46 bits per heavy atom. The molecular weight excluding hydrogens is 506 g/mol. The van der Waals surface area contributed by atoms with Crippen LogP contribution in [0.5, 0.6) is 0 Å². The maximum Gasteiger partial charge on any atom is 0.407 e. The van der Waals surface area contributed by atoms with Crippen LogP contribution in [0.2, 0.25) is 0 Å². The van der Waals surface area contributed by atoms with E-state index in [1.54, 1.807) is 0 Å². The van der Waals surface area contributed by atoms with Gasteiger partial charge in [-0.2, -0.15) is 13.3 Å². The zero-order valence-corrected chi connectivity index (χ0v) is 19.7. The van der Waals surface area contributed by atoms with Crippen molar-refractivity contribution < 1.29 is 37.7 Å². The Hall–Kier alpha value is -3.59. The number of thioether (sulfide) groups is 1. The number of oxime groups is 1. The number of nitrogens with one attached hydrogen (secondary N) is 1. The number of β-lactam (4-membered cyclic amide) rings is 1. The number of aryl methyl sites for hydroxylation is 1. The Labute approximate surface area is 205 Å². The molecule has 0 radical (unpaired) electrons. The van der Waals surface area contributed by atoms with Crippen LogP contribution in [0.25, 0.3) is 0 Å². The van der Waals surface area contributed by atoms with Gasteiger partial charge in [-0.3, -0.25) is 14.5 Å². The first-order valence-electron chi connectivity index (χ1n) is 10.1. The molecule has 15 heteroatoms. The van der Waals surface area contributed by atoms with E-state index in [2.05, 4.69) is 20.3 Å². The summed E-state index contributed by atoms with van der Waals surface area (Å²) in [4.78, 5) is 46.7. The van der Waals surface area contributed by atoms with Crippen LogP contribution in [0.3, 0.4) is 0 Å². The maximum atomic E-state index is 12.9. The van der Waals surface area contributed by atoms with Crippen LogP contribution >= 0.6 is 23.1 Å². The van der Waals surface area contributed by atoms with Crippen molar-refractivity contribution in [1.82, 2.24) is 15.2 Å². The average Bonchev–Trinajstić information content (AvgIpc) is 3.24. The number of hydrogen-bond donors (Lipinski definition) is 3. The van der Waals surface area contributed by atoms with Gasteiger partial charge < -0.3 is 21.0 Å². The number of hydrogen-bond acceptors (Lipinski definition) is 9. The molecule has 0 spiro atoms. The Morgan fingerprint density at radius 3 is 2.86 bits per heavy atom. The summed E-state index contributed by atoms with van der Waals surface area (Å²) in [5.41, 5.74) is 6.18. The molecule has 0 aromatic carbocycles. The third kappa shape index (κ3) is 4.95. The molecule has 184 valence electrons. The van der Waals surface area contributed by atoms with Crippen molar-refractivity contribution in [1.29, 1.82) is 0 Å². The lowest BCUT2D eigenvalue weighted by molar-refractivity contribution is -0.695. The van der Waals surface area contributed by atoms with Crippen LogP contribution in [-0.2, 0) is 25.8 Å². The number of pyridine rings is 1. The number of alkyl halides is 2. The highest BCUT2D eigenvalue weighted by Gasteiger charge is 2.54. The fourth-order valence-electron chi connectivity index (χ4n) is 3.65. The SMILES string of the molecule is Cc1cccc[n+]1CC1=C(C(=O)O)N2C(=O)C(NC(=O)C(=NOC(F)F)c3csc(N)n3)[C@H]2SC1. The molecule has 0 bridgehead atoms. The number of thiazole rings is 1. The molecule has 1 saturated heterocycles. The van der Waals surface area contributed by atoms with E-state index >= 15 is 0 Å². The number of halogens is 2. The highest BCUT2D eigenvalue weighted by atomic mass is 32.2. The molecule has 2 aliphatic heterocycles. The molecular formula is C20H19F2N6O5S2+. The van der Waals surface area contributed by atoms with Crippen molar-refractivity contribution in [2.45, 2.75) is 31.5 Å². The molecule has 35 heavy (non-hydrogen) atoms. The minimum atomic E-state index is -3.28. The standard InChI is InChI=1S/C20H18F2N6O5S2/c1-9-4-2-3-5-27(9)6-10-7-34-17-13(16(30)28(17)14(10)18(31)32)25-15(29)12(26-33-19(21)22)11-8-35-20(23)24-11/h2-5,8,13,17,19H,6-7H2,1H3,(H3-,23,24,25,29,31,32)/p+1/t13?,17-/m1/s1. The minimum absolute atomic E-state index is 0.0709. The van der Waals surface area contributed by atoms with Crippen LogP contribution in [-0.4, -0.2) is 62.3 Å². The molecule has 4 heterocycles. The number of carboxylic acid groups (broad SMARTS) is 1. The largest absolute Gasteiger partial charge is 0.477 e. The molecule has 2 aromatic rings. The van der Waals surface area contributed by atoms with Crippen molar-refractivity contribution in [3.05, 3.63) is 52.4 Å². The summed E-state index contributed by atoms with van der Waals surface area (Å²) < 4.78 is 26.9. The molecule has 2 amide bonds. The normalized spacial score (nSPS) is 19.9. The summed E-state index contributed by atoms with van der Waals surface area (Å²) in [5.74, 6) is -2.59. The first kappa shape index (κ1) is 24.5. The van der Waals surface area contributed by atoms with Gasteiger partial charge in [0.15, 0.2) is 29.3 Å². The third-order valence-electron chi connectivity index (χ3n) is 5.27. The third-order valence-corrected chi connectivity index (χ3v) is 7.28. The highest BCUT2D eigenvalue weighted by Crippen LogP contribution is 2.40. The number of fused-ring (bicyclic) bond motifs is 1. The van der Waals surface area contributed by atoms with Crippen molar-refractivity contribution in [3.8, 4) is 0 Å². The van der Waals surface area contributed by atoms with Gasteiger partial charge >= 0.3 is 12.6 Å². The number of nitrogen functional groups attached to an aromatic ring is 1. The van der Waals surface area contributed by atoms with E-state index in [0.29, 0.717) is 11.3 Å². The Morgan fingerprint density at radius 2 is 2.23 bits per heavy atom. The first-order valence-corrected chi connectivity index (χ1v) is 12.0. The number of aromatic nitrogens is 2. The van der Waals surface area contributed by atoms with Gasteiger partial charge in [0.2, 0.25) is 0 Å². The zero-order chi connectivity index (χ0) is 25.3. The van der Waals surface area contributed by atoms with Gasteiger partial charge in [-0.1, -0.05) is 11.2 Å². The van der Waals surface area contributed by atoms with Crippen molar-refractivity contribution in [2.24, 2.45) is 5.16 Å². The number of carbonyl (C=O) groups is 3. The van der Waals surface area contributed by atoms with Gasteiger partial charge in [0.1, 0.15) is 22.8 Å². The lowest BCUT2D eigenvalue weighted by Crippen LogP contribution is -2.71. The fourth-order valence-corrected chi connectivity index (χ4v) is 5.54. The molecule has 2 atom stereocenters. The molecule has 4 N–H and O–H groups in total. The second kappa shape index (κ2) is 9.95. The second-order valence-electron chi connectivity index (χ2n) is 7.47. The van der Waals surface area contributed by atoms with Crippen molar-refractivity contribution >= 4 is 51.7 Å². The summed E-state index contributed by atoms with van der Waals surface area (Å²) in [5, 5.41) is 16.1. The van der Waals surface area contributed by atoms with Crippen molar-refractivity contribution in [2.75, 3.05) is 11.5 Å². The van der Waals surface area contributed by atoms with Gasteiger partial charge in [0.25, 0.3) is 11.8 Å². The summed E-state index contributed by atoms with van der Waals surface area (Å²) in [7, 11) is 0. The topological polar surface area (TPSA) is 151 Å². The average molecular weight is 526 g/mol. The summed E-state index contributed by atoms with van der Waals surface area (Å²) in [6.07, 6.45) is 1.81.